The Bertz CT molecular complexity index is 439. The number of hydrogen-bond donors (Lipinski definition) is 2. The molecule has 1 aliphatic rings. The zero-order valence-electron chi connectivity index (χ0n) is 12.6. The van der Waals surface area contributed by atoms with Crippen molar-refractivity contribution in [3.05, 3.63) is 0 Å². The normalized spacial score (nSPS) is 16.7. The second-order valence-corrected chi connectivity index (χ2v) is 5.42. The van der Waals surface area contributed by atoms with E-state index in [-0.39, 0.29) is 11.5 Å². The Balaban J connectivity index is 2.18. The standard InChI is InChI=1S/C12H23N7O/c1-18(2)12(6-5-7-12)8-19(3)10-14-9(17-13)15-11(16-10)20-4/h5-8,13H2,1-4H3,(H,14,15,16,17). The van der Waals surface area contributed by atoms with Gasteiger partial charge in [-0.2, -0.15) is 15.0 Å². The Morgan fingerprint density at radius 1 is 1.25 bits per heavy atom. The molecule has 8 nitrogen and oxygen atoms in total. The number of ether oxygens (including phenoxy) is 1. The van der Waals surface area contributed by atoms with Gasteiger partial charge in [0.1, 0.15) is 0 Å². The van der Waals surface area contributed by atoms with E-state index in [1.54, 1.807) is 0 Å². The third kappa shape index (κ3) is 2.75. The van der Waals surface area contributed by atoms with E-state index in [0.717, 1.165) is 6.54 Å². The number of nitrogens with one attached hydrogen (secondary N) is 1. The molecule has 8 heteroatoms. The van der Waals surface area contributed by atoms with E-state index >= 15 is 0 Å². The van der Waals surface area contributed by atoms with E-state index in [2.05, 4.69) is 39.4 Å². The van der Waals surface area contributed by atoms with Crippen LogP contribution in [0.3, 0.4) is 0 Å². The van der Waals surface area contributed by atoms with Crippen LogP contribution in [0, 0.1) is 0 Å². The summed E-state index contributed by atoms with van der Waals surface area (Å²) in [4.78, 5) is 16.8. The van der Waals surface area contributed by atoms with Crippen molar-refractivity contribution < 1.29 is 4.74 Å². The van der Waals surface area contributed by atoms with Crippen LogP contribution in [-0.2, 0) is 0 Å². The molecule has 1 aromatic heterocycles. The molecule has 0 unspecified atom stereocenters. The first-order chi connectivity index (χ1) is 9.50. The van der Waals surface area contributed by atoms with Crippen LogP contribution in [0.4, 0.5) is 11.9 Å². The van der Waals surface area contributed by atoms with Crippen molar-refractivity contribution >= 4 is 11.9 Å². The van der Waals surface area contributed by atoms with Crippen molar-refractivity contribution in [3.63, 3.8) is 0 Å². The Labute approximate surface area is 119 Å². The number of anilines is 2. The molecule has 0 aromatic carbocycles. The maximum absolute atomic E-state index is 5.37. The van der Waals surface area contributed by atoms with Crippen LogP contribution in [0.15, 0.2) is 0 Å². The molecule has 1 aromatic rings. The molecule has 0 aliphatic heterocycles. The quantitative estimate of drug-likeness (QED) is 0.560. The summed E-state index contributed by atoms with van der Waals surface area (Å²) in [7, 11) is 7.73. The van der Waals surface area contributed by atoms with Crippen LogP contribution in [0.2, 0.25) is 0 Å². The van der Waals surface area contributed by atoms with Crippen LogP contribution in [0.1, 0.15) is 19.3 Å². The second kappa shape index (κ2) is 5.76. The average molecular weight is 281 g/mol. The lowest BCUT2D eigenvalue weighted by Gasteiger charge is -2.49. The lowest BCUT2D eigenvalue weighted by molar-refractivity contribution is 0.0680. The maximum atomic E-state index is 5.37. The third-order valence-electron chi connectivity index (χ3n) is 4.02. The molecule has 1 fully saturated rings. The van der Waals surface area contributed by atoms with E-state index in [0.29, 0.717) is 11.9 Å². The van der Waals surface area contributed by atoms with Crippen LogP contribution < -0.4 is 20.9 Å². The van der Waals surface area contributed by atoms with Gasteiger partial charge in [0, 0.05) is 19.1 Å². The van der Waals surface area contributed by atoms with E-state index in [1.165, 1.54) is 26.4 Å². The molecule has 1 heterocycles. The third-order valence-corrected chi connectivity index (χ3v) is 4.02. The molecule has 0 spiro atoms. The highest BCUT2D eigenvalue weighted by Gasteiger charge is 2.40. The summed E-state index contributed by atoms with van der Waals surface area (Å²) in [6.45, 7) is 0.858. The van der Waals surface area contributed by atoms with Crippen LogP contribution in [-0.4, -0.2) is 60.2 Å². The molecule has 0 amide bonds. The minimum Gasteiger partial charge on any atom is -0.467 e. The number of nitrogen functional groups attached to an aromatic ring is 1. The van der Waals surface area contributed by atoms with Gasteiger partial charge in [0.2, 0.25) is 11.9 Å². The van der Waals surface area contributed by atoms with E-state index in [1.807, 2.05) is 11.9 Å². The largest absolute Gasteiger partial charge is 0.467 e. The summed E-state index contributed by atoms with van der Waals surface area (Å²) in [6, 6.07) is 0.252. The van der Waals surface area contributed by atoms with Gasteiger partial charge in [-0.25, -0.2) is 5.84 Å². The maximum Gasteiger partial charge on any atom is 0.322 e. The molecule has 0 saturated heterocycles. The predicted molar refractivity (Wildman–Crippen MR) is 77.7 cm³/mol. The Hall–Kier alpha value is -1.67. The van der Waals surface area contributed by atoms with Gasteiger partial charge in [0.25, 0.3) is 0 Å². The number of likely N-dealkylation sites (N-methyl/N-ethyl adjacent to an activating group) is 2. The Morgan fingerprint density at radius 3 is 2.40 bits per heavy atom. The Kier molecular flexibility index (Phi) is 4.24. The number of nitrogens with zero attached hydrogens (tertiary/aromatic N) is 5. The monoisotopic (exact) mass is 281 g/mol. The summed E-state index contributed by atoms with van der Waals surface area (Å²) >= 11 is 0. The van der Waals surface area contributed by atoms with Crippen LogP contribution in [0.5, 0.6) is 6.01 Å². The van der Waals surface area contributed by atoms with E-state index in [9.17, 15) is 0 Å². The van der Waals surface area contributed by atoms with Gasteiger partial charge in [-0.1, -0.05) is 0 Å². The molecule has 3 N–H and O–H groups in total. The number of aromatic nitrogens is 3. The van der Waals surface area contributed by atoms with Gasteiger partial charge in [0.05, 0.1) is 7.11 Å². The van der Waals surface area contributed by atoms with Crippen LogP contribution in [0.25, 0.3) is 0 Å². The SMILES string of the molecule is COc1nc(NN)nc(N(C)CC2(N(C)C)CCC2)n1. The van der Waals surface area contributed by atoms with Crippen LogP contribution >= 0.6 is 0 Å². The topological polar surface area (TPSA) is 92.4 Å². The number of nitrogens with two attached hydrogens (primary N) is 1. The van der Waals surface area contributed by atoms with Gasteiger partial charge in [-0.3, -0.25) is 5.43 Å². The highest BCUT2D eigenvalue weighted by atomic mass is 16.5. The van der Waals surface area contributed by atoms with Gasteiger partial charge in [0.15, 0.2) is 0 Å². The minimum absolute atomic E-state index is 0.199. The van der Waals surface area contributed by atoms with Crippen molar-refractivity contribution in [2.75, 3.05) is 45.1 Å². The molecular formula is C12H23N7O. The fourth-order valence-corrected chi connectivity index (χ4v) is 2.52. The molecule has 2 rings (SSSR count). The number of rotatable bonds is 6. The molecule has 1 aliphatic carbocycles. The second-order valence-electron chi connectivity index (χ2n) is 5.42. The highest BCUT2D eigenvalue weighted by molar-refractivity contribution is 5.37. The van der Waals surface area contributed by atoms with Crippen molar-refractivity contribution in [2.45, 2.75) is 24.8 Å². The molecule has 112 valence electrons. The van der Waals surface area contributed by atoms with Gasteiger partial charge >= 0.3 is 6.01 Å². The minimum atomic E-state index is 0.199. The van der Waals surface area contributed by atoms with Crippen molar-refractivity contribution in [1.29, 1.82) is 0 Å². The van der Waals surface area contributed by atoms with Gasteiger partial charge < -0.3 is 14.5 Å². The summed E-state index contributed by atoms with van der Waals surface area (Å²) in [5.41, 5.74) is 2.63. The Morgan fingerprint density at radius 2 is 1.95 bits per heavy atom. The van der Waals surface area contributed by atoms with Crippen molar-refractivity contribution in [1.82, 2.24) is 19.9 Å². The van der Waals surface area contributed by atoms with Crippen molar-refractivity contribution in [2.24, 2.45) is 5.84 Å². The predicted octanol–water partition coefficient (Wildman–Crippen LogP) is 0.0863. The smallest absolute Gasteiger partial charge is 0.322 e. The molecular weight excluding hydrogens is 258 g/mol. The zero-order chi connectivity index (χ0) is 14.8. The van der Waals surface area contributed by atoms with Gasteiger partial charge in [-0.15, -0.1) is 0 Å². The highest BCUT2D eigenvalue weighted by Crippen LogP contribution is 2.37. The number of methoxy groups -OCH3 is 1. The fraction of sp³-hybridized carbons (Fsp3) is 0.750. The van der Waals surface area contributed by atoms with E-state index in [4.69, 9.17) is 10.6 Å². The molecule has 1 saturated carbocycles. The number of hydrogen-bond acceptors (Lipinski definition) is 8. The van der Waals surface area contributed by atoms with E-state index < -0.39 is 0 Å². The fourth-order valence-electron chi connectivity index (χ4n) is 2.52. The molecule has 20 heavy (non-hydrogen) atoms. The first-order valence-corrected chi connectivity index (χ1v) is 6.66. The number of hydrazine groups is 1. The lowest BCUT2D eigenvalue weighted by Crippen LogP contribution is -2.57. The molecule has 0 radical (unpaired) electrons. The first-order valence-electron chi connectivity index (χ1n) is 6.66. The van der Waals surface area contributed by atoms with Crippen molar-refractivity contribution in [3.8, 4) is 6.01 Å². The summed E-state index contributed by atoms with van der Waals surface area (Å²) in [6.07, 6.45) is 3.64. The lowest BCUT2D eigenvalue weighted by atomic mass is 9.75. The average Bonchev–Trinajstić information content (AvgIpc) is 2.41. The first kappa shape index (κ1) is 14.7. The van der Waals surface area contributed by atoms with Gasteiger partial charge in [-0.05, 0) is 33.4 Å². The summed E-state index contributed by atoms with van der Waals surface area (Å²) in [5, 5.41) is 0. The zero-order valence-corrected chi connectivity index (χ0v) is 12.6. The summed E-state index contributed by atoms with van der Waals surface area (Å²) < 4.78 is 5.07. The molecule has 0 atom stereocenters. The molecule has 0 bridgehead atoms. The summed E-state index contributed by atoms with van der Waals surface area (Å²) in [5.74, 6) is 6.22.